The van der Waals surface area contributed by atoms with Gasteiger partial charge in [0.15, 0.2) is 0 Å². The Morgan fingerprint density at radius 2 is 1.92 bits per heavy atom. The smallest absolute Gasteiger partial charge is 0.266 e. The number of fused-ring (bicyclic) bond motifs is 1. The molecule has 0 aliphatic carbocycles. The molecule has 3 aromatic rings. The number of benzene rings is 2. The lowest BCUT2D eigenvalue weighted by atomic mass is 10.2. The van der Waals surface area contributed by atoms with E-state index < -0.39 is 0 Å². The van der Waals surface area contributed by atoms with Crippen molar-refractivity contribution in [3.8, 4) is 0 Å². The number of carbonyl (C=O) groups is 1. The lowest BCUT2D eigenvalue weighted by Gasteiger charge is -2.11. The zero-order chi connectivity index (χ0) is 17.4. The molecule has 2 aromatic carbocycles. The summed E-state index contributed by atoms with van der Waals surface area (Å²) in [5.41, 5.74) is 1.87. The van der Waals surface area contributed by atoms with E-state index in [9.17, 15) is 4.79 Å². The maximum Gasteiger partial charge on any atom is 0.266 e. The van der Waals surface area contributed by atoms with Crippen LogP contribution in [0, 0.1) is 0 Å². The highest BCUT2D eigenvalue weighted by molar-refractivity contribution is 8.26. The predicted octanol–water partition coefficient (Wildman–Crippen LogP) is 5.35. The lowest BCUT2D eigenvalue weighted by Crippen LogP contribution is -2.27. The average Bonchev–Trinajstić information content (AvgIpc) is 3.13. The summed E-state index contributed by atoms with van der Waals surface area (Å²) in [6.07, 6.45) is 1.84. The Kier molecular flexibility index (Phi) is 4.60. The first-order valence-electron chi connectivity index (χ1n) is 7.45. The zero-order valence-corrected chi connectivity index (χ0v) is 16.0. The first kappa shape index (κ1) is 16.7. The van der Waals surface area contributed by atoms with Gasteiger partial charge in [-0.3, -0.25) is 9.69 Å². The number of carbonyl (C=O) groups excluding carboxylic acids is 1. The Balaban J connectivity index is 1.57. The number of hydrogen-bond acceptors (Lipinski definition) is 5. The van der Waals surface area contributed by atoms with Crippen LogP contribution >= 0.6 is 46.9 Å². The van der Waals surface area contributed by atoms with Gasteiger partial charge < -0.3 is 0 Å². The number of aromatic nitrogens is 1. The van der Waals surface area contributed by atoms with Gasteiger partial charge in [0.05, 0.1) is 21.7 Å². The highest BCUT2D eigenvalue weighted by Crippen LogP contribution is 2.34. The van der Waals surface area contributed by atoms with E-state index in [1.54, 1.807) is 28.4 Å². The second kappa shape index (κ2) is 6.88. The van der Waals surface area contributed by atoms with Crippen molar-refractivity contribution >= 4 is 73.4 Å². The number of hydrogen-bond donors (Lipinski definition) is 0. The molecule has 4 rings (SSSR count). The van der Waals surface area contributed by atoms with Crippen molar-refractivity contribution < 1.29 is 4.79 Å². The Labute approximate surface area is 163 Å². The molecule has 1 fully saturated rings. The van der Waals surface area contributed by atoms with E-state index in [2.05, 4.69) is 4.98 Å². The molecule has 0 radical (unpaired) electrons. The summed E-state index contributed by atoms with van der Waals surface area (Å²) in [4.78, 5) is 19.5. The standard InChI is InChI=1S/C18H11ClN2OS3/c19-12-7-5-11(6-8-12)9-15-17(22)21(18(23)25-15)10-16-20-13-3-1-2-4-14(13)24-16/h1-9H,10H2/b15-9+. The molecule has 0 atom stereocenters. The summed E-state index contributed by atoms with van der Waals surface area (Å²) in [5, 5.41) is 1.55. The van der Waals surface area contributed by atoms with E-state index in [1.165, 1.54) is 11.8 Å². The van der Waals surface area contributed by atoms with Crippen molar-refractivity contribution in [3.05, 3.63) is 69.0 Å². The van der Waals surface area contributed by atoms with Gasteiger partial charge in [-0.2, -0.15) is 0 Å². The average molecular weight is 403 g/mol. The minimum atomic E-state index is -0.0794. The van der Waals surface area contributed by atoms with Crippen LogP contribution in [0.5, 0.6) is 0 Å². The molecule has 1 saturated heterocycles. The molecule has 1 aromatic heterocycles. The van der Waals surface area contributed by atoms with Gasteiger partial charge >= 0.3 is 0 Å². The maximum atomic E-state index is 12.7. The molecule has 0 saturated carbocycles. The van der Waals surface area contributed by atoms with Gasteiger partial charge in [-0.25, -0.2) is 4.98 Å². The fourth-order valence-electron chi connectivity index (χ4n) is 2.47. The van der Waals surface area contributed by atoms with Crippen molar-refractivity contribution in [3.63, 3.8) is 0 Å². The topological polar surface area (TPSA) is 33.2 Å². The third kappa shape index (κ3) is 3.48. The largest absolute Gasteiger partial charge is 0.286 e. The second-order valence-electron chi connectivity index (χ2n) is 5.39. The van der Waals surface area contributed by atoms with Crippen molar-refractivity contribution in [1.82, 2.24) is 9.88 Å². The molecule has 0 spiro atoms. The number of thioether (sulfide) groups is 1. The summed E-state index contributed by atoms with van der Waals surface area (Å²) in [6.45, 7) is 0.405. The van der Waals surface area contributed by atoms with Gasteiger partial charge in [0, 0.05) is 5.02 Å². The van der Waals surface area contributed by atoms with Crippen LogP contribution in [0.2, 0.25) is 5.02 Å². The van der Waals surface area contributed by atoms with Crippen LogP contribution in [-0.2, 0) is 11.3 Å². The van der Waals surface area contributed by atoms with E-state index in [4.69, 9.17) is 23.8 Å². The number of nitrogens with zero attached hydrogens (tertiary/aromatic N) is 2. The highest BCUT2D eigenvalue weighted by atomic mass is 35.5. The molecular formula is C18H11ClN2OS3. The van der Waals surface area contributed by atoms with Gasteiger partial charge in [0.2, 0.25) is 0 Å². The van der Waals surface area contributed by atoms with Crippen LogP contribution in [0.25, 0.3) is 16.3 Å². The Bertz CT molecular complexity index is 978. The lowest BCUT2D eigenvalue weighted by molar-refractivity contribution is -0.122. The number of halogens is 1. The Morgan fingerprint density at radius 1 is 1.16 bits per heavy atom. The summed E-state index contributed by atoms with van der Waals surface area (Å²) in [7, 11) is 0. The summed E-state index contributed by atoms with van der Waals surface area (Å²) in [5.74, 6) is -0.0794. The van der Waals surface area contributed by atoms with Crippen molar-refractivity contribution in [1.29, 1.82) is 0 Å². The van der Waals surface area contributed by atoms with E-state index >= 15 is 0 Å². The zero-order valence-electron chi connectivity index (χ0n) is 12.8. The number of rotatable bonds is 3. The minimum Gasteiger partial charge on any atom is -0.286 e. The molecule has 124 valence electrons. The molecule has 2 heterocycles. The van der Waals surface area contributed by atoms with E-state index in [0.717, 1.165) is 20.8 Å². The van der Waals surface area contributed by atoms with Crippen molar-refractivity contribution in [2.24, 2.45) is 0 Å². The third-order valence-electron chi connectivity index (χ3n) is 3.67. The van der Waals surface area contributed by atoms with Crippen LogP contribution in [0.3, 0.4) is 0 Å². The molecule has 7 heteroatoms. The minimum absolute atomic E-state index is 0.0794. The van der Waals surface area contributed by atoms with E-state index in [0.29, 0.717) is 20.8 Å². The molecule has 0 N–H and O–H groups in total. The van der Waals surface area contributed by atoms with Gasteiger partial charge in [-0.05, 0) is 35.9 Å². The van der Waals surface area contributed by atoms with Crippen molar-refractivity contribution in [2.45, 2.75) is 6.54 Å². The maximum absolute atomic E-state index is 12.7. The van der Waals surface area contributed by atoms with Crippen LogP contribution in [0.1, 0.15) is 10.6 Å². The fourth-order valence-corrected chi connectivity index (χ4v) is 4.81. The first-order chi connectivity index (χ1) is 12.1. The Hall–Kier alpha value is -1.73. The molecule has 1 aliphatic rings. The Morgan fingerprint density at radius 3 is 2.68 bits per heavy atom. The van der Waals surface area contributed by atoms with E-state index in [1.807, 2.05) is 42.5 Å². The molecule has 25 heavy (non-hydrogen) atoms. The van der Waals surface area contributed by atoms with Crippen LogP contribution in [0.4, 0.5) is 0 Å². The number of thiazole rings is 1. The highest BCUT2D eigenvalue weighted by Gasteiger charge is 2.32. The summed E-state index contributed by atoms with van der Waals surface area (Å²) in [6, 6.07) is 15.3. The molecule has 0 bridgehead atoms. The van der Waals surface area contributed by atoms with E-state index in [-0.39, 0.29) is 5.91 Å². The van der Waals surface area contributed by atoms with Gasteiger partial charge in [-0.15, -0.1) is 11.3 Å². The summed E-state index contributed by atoms with van der Waals surface area (Å²) >= 11 is 14.2. The quantitative estimate of drug-likeness (QED) is 0.436. The first-order valence-corrected chi connectivity index (χ1v) is 9.87. The summed E-state index contributed by atoms with van der Waals surface area (Å²) < 4.78 is 1.67. The van der Waals surface area contributed by atoms with Crippen molar-refractivity contribution in [2.75, 3.05) is 0 Å². The number of amides is 1. The molecule has 0 unspecified atom stereocenters. The number of para-hydroxylation sites is 1. The fraction of sp³-hybridized carbons (Fsp3) is 0.0556. The van der Waals surface area contributed by atoms with Gasteiger partial charge in [-0.1, -0.05) is 59.8 Å². The molecular weight excluding hydrogens is 392 g/mol. The predicted molar refractivity (Wildman–Crippen MR) is 110 cm³/mol. The SMILES string of the molecule is O=C1/C(=C\c2ccc(Cl)cc2)SC(=S)N1Cc1nc2ccccc2s1. The van der Waals surface area contributed by atoms with Crippen LogP contribution in [0.15, 0.2) is 53.4 Å². The normalized spacial score (nSPS) is 16.4. The van der Waals surface area contributed by atoms with Crippen LogP contribution < -0.4 is 0 Å². The molecule has 3 nitrogen and oxygen atoms in total. The third-order valence-corrected chi connectivity index (χ3v) is 6.32. The number of thiocarbonyl (C=S) groups is 1. The second-order valence-corrected chi connectivity index (χ2v) is 8.62. The van der Waals surface area contributed by atoms with Gasteiger partial charge in [0.1, 0.15) is 9.33 Å². The monoisotopic (exact) mass is 402 g/mol. The van der Waals surface area contributed by atoms with Gasteiger partial charge in [0.25, 0.3) is 5.91 Å². The molecule has 1 amide bonds. The molecule has 1 aliphatic heterocycles. The van der Waals surface area contributed by atoms with Crippen LogP contribution in [-0.4, -0.2) is 20.1 Å².